The molecule has 1 rings (SSSR count). The van der Waals surface area contributed by atoms with Gasteiger partial charge in [-0.2, -0.15) is 0 Å². The van der Waals surface area contributed by atoms with Gasteiger partial charge in [0.25, 0.3) is 0 Å². The molecule has 0 amide bonds. The second kappa shape index (κ2) is 3.21. The van der Waals surface area contributed by atoms with Crippen LogP contribution in [0.1, 0.15) is 39.5 Å². The van der Waals surface area contributed by atoms with Crippen LogP contribution < -0.4 is 0 Å². The number of carbonyl (C=O) groups is 1. The van der Waals surface area contributed by atoms with E-state index < -0.39 is 0 Å². The minimum absolute atomic E-state index is 0.0747. The number of carbonyl (C=O) groups excluding carboxylic acids is 1. The van der Waals surface area contributed by atoms with E-state index in [0.717, 1.165) is 12.8 Å². The zero-order chi connectivity index (χ0) is 8.32. The molecule has 0 heterocycles. The van der Waals surface area contributed by atoms with Crippen molar-refractivity contribution in [2.45, 2.75) is 39.5 Å². The first-order valence-electron chi connectivity index (χ1n) is 4.36. The van der Waals surface area contributed by atoms with Crippen LogP contribution in [0.3, 0.4) is 0 Å². The van der Waals surface area contributed by atoms with Gasteiger partial charge in [-0.15, -0.1) is 0 Å². The number of hydrogen-bond donors (Lipinski definition) is 0. The summed E-state index contributed by atoms with van der Waals surface area (Å²) in [5, 5.41) is 0. The van der Waals surface area contributed by atoms with Crippen LogP contribution in [0.5, 0.6) is 0 Å². The highest BCUT2D eigenvalue weighted by Crippen LogP contribution is 2.40. The minimum atomic E-state index is -0.0747. The molecule has 0 aromatic heterocycles. The molecule has 0 bridgehead atoms. The Hall–Kier alpha value is -0.590. The first-order chi connectivity index (χ1) is 5.21. The van der Waals surface area contributed by atoms with Crippen molar-refractivity contribution in [3.63, 3.8) is 0 Å². The van der Waals surface area contributed by atoms with Gasteiger partial charge in [-0.1, -0.05) is 25.0 Å². The fraction of sp³-hybridized carbons (Fsp3) is 0.700. The van der Waals surface area contributed by atoms with E-state index in [4.69, 9.17) is 0 Å². The van der Waals surface area contributed by atoms with E-state index in [1.807, 2.05) is 13.0 Å². The monoisotopic (exact) mass is 152 g/mol. The van der Waals surface area contributed by atoms with Crippen molar-refractivity contribution in [2.75, 3.05) is 0 Å². The largest absolute Gasteiger partial charge is 0.299 e. The third-order valence-electron chi connectivity index (χ3n) is 2.68. The van der Waals surface area contributed by atoms with Crippen LogP contribution >= 0.6 is 0 Å². The Labute approximate surface area is 68.5 Å². The second-order valence-corrected chi connectivity index (χ2v) is 3.42. The molecule has 1 aliphatic rings. The lowest BCUT2D eigenvalue weighted by Crippen LogP contribution is -2.22. The van der Waals surface area contributed by atoms with Crippen molar-refractivity contribution in [3.05, 3.63) is 12.2 Å². The molecule has 0 aliphatic heterocycles. The molecule has 62 valence electrons. The van der Waals surface area contributed by atoms with Crippen molar-refractivity contribution in [1.29, 1.82) is 0 Å². The normalized spacial score (nSPS) is 22.7. The summed E-state index contributed by atoms with van der Waals surface area (Å²) < 4.78 is 0. The molecule has 1 fully saturated rings. The second-order valence-electron chi connectivity index (χ2n) is 3.42. The standard InChI is InChI=1S/C10H16O/c1-3-6-10(9(2)11)7-4-5-8-10/h3,6H,4-5,7-8H2,1-2H3/b6-3+. The van der Waals surface area contributed by atoms with Crippen molar-refractivity contribution < 1.29 is 4.79 Å². The Morgan fingerprint density at radius 3 is 2.27 bits per heavy atom. The number of hydrogen-bond acceptors (Lipinski definition) is 1. The molecule has 0 radical (unpaired) electrons. The van der Waals surface area contributed by atoms with Crippen LogP contribution in [0.4, 0.5) is 0 Å². The Balaban J connectivity index is 2.78. The van der Waals surface area contributed by atoms with E-state index >= 15 is 0 Å². The summed E-state index contributed by atoms with van der Waals surface area (Å²) in [5.74, 6) is 0.341. The van der Waals surface area contributed by atoms with Gasteiger partial charge in [0.05, 0.1) is 0 Å². The zero-order valence-electron chi connectivity index (χ0n) is 7.39. The van der Waals surface area contributed by atoms with Crippen LogP contribution in [0.25, 0.3) is 0 Å². The quantitative estimate of drug-likeness (QED) is 0.556. The van der Waals surface area contributed by atoms with E-state index in [1.165, 1.54) is 12.8 Å². The Morgan fingerprint density at radius 1 is 1.36 bits per heavy atom. The number of rotatable bonds is 2. The lowest BCUT2D eigenvalue weighted by molar-refractivity contribution is -0.123. The van der Waals surface area contributed by atoms with Gasteiger partial charge in [0.1, 0.15) is 5.78 Å². The molecule has 1 saturated carbocycles. The summed E-state index contributed by atoms with van der Waals surface area (Å²) in [7, 11) is 0. The third kappa shape index (κ3) is 1.52. The predicted molar refractivity (Wildman–Crippen MR) is 46.4 cm³/mol. The number of Topliss-reactive ketones (excluding diaryl/α,β-unsaturated/α-hetero) is 1. The molecule has 11 heavy (non-hydrogen) atoms. The topological polar surface area (TPSA) is 17.1 Å². The van der Waals surface area contributed by atoms with Crippen LogP contribution in [0.2, 0.25) is 0 Å². The Morgan fingerprint density at radius 2 is 1.91 bits per heavy atom. The first kappa shape index (κ1) is 8.51. The van der Waals surface area contributed by atoms with E-state index in [-0.39, 0.29) is 5.41 Å². The highest BCUT2D eigenvalue weighted by molar-refractivity contribution is 5.84. The number of ketones is 1. The molecule has 0 spiro atoms. The van der Waals surface area contributed by atoms with Gasteiger partial charge >= 0.3 is 0 Å². The maximum Gasteiger partial charge on any atom is 0.139 e. The molecular formula is C10H16O. The summed E-state index contributed by atoms with van der Waals surface area (Å²) in [6.07, 6.45) is 8.64. The number of allylic oxidation sites excluding steroid dienone is 2. The average Bonchev–Trinajstić information content (AvgIpc) is 2.38. The van der Waals surface area contributed by atoms with Crippen molar-refractivity contribution in [2.24, 2.45) is 5.41 Å². The van der Waals surface area contributed by atoms with E-state index in [1.54, 1.807) is 6.92 Å². The Kier molecular flexibility index (Phi) is 2.48. The summed E-state index contributed by atoms with van der Waals surface area (Å²) >= 11 is 0. The van der Waals surface area contributed by atoms with E-state index in [0.29, 0.717) is 5.78 Å². The molecule has 1 nitrogen and oxygen atoms in total. The molecule has 1 aliphatic carbocycles. The lowest BCUT2D eigenvalue weighted by Gasteiger charge is -2.20. The van der Waals surface area contributed by atoms with Crippen molar-refractivity contribution in [1.82, 2.24) is 0 Å². The molecular weight excluding hydrogens is 136 g/mol. The maximum atomic E-state index is 11.3. The SMILES string of the molecule is C/C=C/C1(C(C)=O)CCCC1. The van der Waals surface area contributed by atoms with Crippen LogP contribution in [0.15, 0.2) is 12.2 Å². The highest BCUT2D eigenvalue weighted by Gasteiger charge is 2.35. The van der Waals surface area contributed by atoms with Gasteiger partial charge in [0.15, 0.2) is 0 Å². The molecule has 0 unspecified atom stereocenters. The van der Waals surface area contributed by atoms with Gasteiger partial charge in [0.2, 0.25) is 0 Å². The molecule has 1 heteroatoms. The Bertz CT molecular complexity index is 173. The van der Waals surface area contributed by atoms with Crippen LogP contribution in [-0.2, 0) is 4.79 Å². The van der Waals surface area contributed by atoms with Gasteiger partial charge in [-0.25, -0.2) is 0 Å². The van der Waals surface area contributed by atoms with Gasteiger partial charge < -0.3 is 0 Å². The van der Waals surface area contributed by atoms with Gasteiger partial charge in [-0.05, 0) is 26.7 Å². The third-order valence-corrected chi connectivity index (χ3v) is 2.68. The smallest absolute Gasteiger partial charge is 0.139 e. The molecule has 0 aromatic carbocycles. The van der Waals surface area contributed by atoms with Gasteiger partial charge in [-0.3, -0.25) is 4.79 Å². The van der Waals surface area contributed by atoms with Gasteiger partial charge in [0, 0.05) is 5.41 Å². The van der Waals surface area contributed by atoms with E-state index in [2.05, 4.69) is 6.08 Å². The van der Waals surface area contributed by atoms with Crippen molar-refractivity contribution >= 4 is 5.78 Å². The first-order valence-corrected chi connectivity index (χ1v) is 4.36. The molecule has 0 N–H and O–H groups in total. The van der Waals surface area contributed by atoms with E-state index in [9.17, 15) is 4.79 Å². The summed E-state index contributed by atoms with van der Waals surface area (Å²) in [6.45, 7) is 3.70. The maximum absolute atomic E-state index is 11.3. The summed E-state index contributed by atoms with van der Waals surface area (Å²) in [5.41, 5.74) is -0.0747. The summed E-state index contributed by atoms with van der Waals surface area (Å²) in [4.78, 5) is 11.3. The highest BCUT2D eigenvalue weighted by atomic mass is 16.1. The van der Waals surface area contributed by atoms with Crippen LogP contribution in [-0.4, -0.2) is 5.78 Å². The fourth-order valence-electron chi connectivity index (χ4n) is 1.96. The van der Waals surface area contributed by atoms with Crippen molar-refractivity contribution in [3.8, 4) is 0 Å². The van der Waals surface area contributed by atoms with Crippen LogP contribution in [0, 0.1) is 5.41 Å². The average molecular weight is 152 g/mol. The lowest BCUT2D eigenvalue weighted by atomic mass is 9.82. The minimum Gasteiger partial charge on any atom is -0.299 e. The molecule has 0 atom stereocenters. The molecule has 0 saturated heterocycles. The fourth-order valence-corrected chi connectivity index (χ4v) is 1.96. The predicted octanol–water partition coefficient (Wildman–Crippen LogP) is 2.71. The molecule has 0 aromatic rings. The summed E-state index contributed by atoms with van der Waals surface area (Å²) in [6, 6.07) is 0. The zero-order valence-corrected chi connectivity index (χ0v) is 7.39.